The third kappa shape index (κ3) is 1.59. The Hall–Kier alpha value is -1.01. The highest BCUT2D eigenvalue weighted by Crippen LogP contribution is 2.08. The lowest BCUT2D eigenvalue weighted by Gasteiger charge is -2.11. The fraction of sp³-hybridized carbons (Fsp3) is 0.833. The Labute approximate surface area is 70.1 Å². The van der Waals surface area contributed by atoms with E-state index in [0.717, 1.165) is 31.9 Å². The standard InChI is InChI=1S/C6H12N6/c7-5-1-2-12(3-5)4-6-8-10-11-9-6/h5H,1-4,7H2,(H,8,9,10,11)/t5-/m0/s1. The van der Waals surface area contributed by atoms with Gasteiger partial charge in [-0.2, -0.15) is 5.21 Å². The van der Waals surface area contributed by atoms with Gasteiger partial charge in [0.2, 0.25) is 0 Å². The summed E-state index contributed by atoms with van der Waals surface area (Å²) in [6, 6.07) is 0.317. The lowest BCUT2D eigenvalue weighted by Crippen LogP contribution is -2.26. The highest BCUT2D eigenvalue weighted by atomic mass is 15.5. The number of aromatic nitrogens is 4. The van der Waals surface area contributed by atoms with Crippen molar-refractivity contribution >= 4 is 0 Å². The minimum Gasteiger partial charge on any atom is -0.326 e. The maximum atomic E-state index is 5.75. The molecule has 0 aromatic carbocycles. The number of hydrogen-bond acceptors (Lipinski definition) is 5. The zero-order valence-corrected chi connectivity index (χ0v) is 6.77. The van der Waals surface area contributed by atoms with Gasteiger partial charge in [-0.1, -0.05) is 5.21 Å². The van der Waals surface area contributed by atoms with Crippen LogP contribution in [0, 0.1) is 0 Å². The number of aromatic amines is 1. The van der Waals surface area contributed by atoms with Gasteiger partial charge in [-0.15, -0.1) is 10.2 Å². The van der Waals surface area contributed by atoms with E-state index in [1.54, 1.807) is 0 Å². The number of H-pyrrole nitrogens is 1. The number of rotatable bonds is 2. The molecule has 2 heterocycles. The van der Waals surface area contributed by atoms with Crippen molar-refractivity contribution in [3.63, 3.8) is 0 Å². The minimum atomic E-state index is 0.317. The Morgan fingerprint density at radius 2 is 2.58 bits per heavy atom. The first kappa shape index (κ1) is 7.63. The molecule has 0 aliphatic carbocycles. The lowest BCUT2D eigenvalue weighted by molar-refractivity contribution is 0.318. The van der Waals surface area contributed by atoms with E-state index in [2.05, 4.69) is 25.5 Å². The molecule has 12 heavy (non-hydrogen) atoms. The first-order valence-corrected chi connectivity index (χ1v) is 4.05. The number of nitrogens with zero attached hydrogens (tertiary/aromatic N) is 4. The number of likely N-dealkylation sites (tertiary alicyclic amines) is 1. The molecule has 1 aromatic rings. The second-order valence-corrected chi connectivity index (χ2v) is 3.11. The number of nitrogens with one attached hydrogen (secondary N) is 1. The van der Waals surface area contributed by atoms with Crippen molar-refractivity contribution in [2.24, 2.45) is 5.73 Å². The smallest absolute Gasteiger partial charge is 0.188 e. The molecule has 1 aliphatic heterocycles. The van der Waals surface area contributed by atoms with Crippen LogP contribution in [0.1, 0.15) is 12.2 Å². The predicted molar refractivity (Wildman–Crippen MR) is 42.0 cm³/mol. The van der Waals surface area contributed by atoms with Crippen molar-refractivity contribution in [1.29, 1.82) is 0 Å². The third-order valence-corrected chi connectivity index (χ3v) is 2.06. The topological polar surface area (TPSA) is 83.7 Å². The zero-order valence-electron chi connectivity index (χ0n) is 6.77. The van der Waals surface area contributed by atoms with Gasteiger partial charge in [-0.3, -0.25) is 4.90 Å². The van der Waals surface area contributed by atoms with Crippen molar-refractivity contribution in [3.8, 4) is 0 Å². The fourth-order valence-electron chi connectivity index (χ4n) is 1.46. The van der Waals surface area contributed by atoms with Gasteiger partial charge in [-0.05, 0) is 6.42 Å². The number of hydrogen-bond donors (Lipinski definition) is 2. The normalized spacial score (nSPS) is 24.9. The summed E-state index contributed by atoms with van der Waals surface area (Å²) in [5.41, 5.74) is 5.75. The molecule has 1 atom stereocenters. The number of tetrazole rings is 1. The second kappa shape index (κ2) is 3.16. The van der Waals surface area contributed by atoms with Gasteiger partial charge in [0.15, 0.2) is 5.82 Å². The van der Waals surface area contributed by atoms with Gasteiger partial charge in [0.05, 0.1) is 6.54 Å². The van der Waals surface area contributed by atoms with Gasteiger partial charge < -0.3 is 5.73 Å². The van der Waals surface area contributed by atoms with E-state index in [4.69, 9.17) is 5.73 Å². The quantitative estimate of drug-likeness (QED) is 0.575. The molecule has 6 heteroatoms. The van der Waals surface area contributed by atoms with Gasteiger partial charge in [0, 0.05) is 19.1 Å². The highest BCUT2D eigenvalue weighted by Gasteiger charge is 2.19. The summed E-state index contributed by atoms with van der Waals surface area (Å²) in [5.74, 6) is 0.740. The first-order valence-electron chi connectivity index (χ1n) is 4.05. The minimum absolute atomic E-state index is 0.317. The molecular weight excluding hydrogens is 156 g/mol. The van der Waals surface area contributed by atoms with E-state index in [9.17, 15) is 0 Å². The highest BCUT2D eigenvalue weighted by molar-refractivity contribution is 4.83. The summed E-state index contributed by atoms with van der Waals surface area (Å²) in [7, 11) is 0. The predicted octanol–water partition coefficient (Wildman–Crippen LogP) is -1.27. The van der Waals surface area contributed by atoms with Crippen LogP contribution in [0.4, 0.5) is 0 Å². The van der Waals surface area contributed by atoms with Crippen LogP contribution in [0.15, 0.2) is 0 Å². The van der Waals surface area contributed by atoms with Crippen molar-refractivity contribution in [1.82, 2.24) is 25.5 Å². The molecule has 0 spiro atoms. The summed E-state index contributed by atoms with van der Waals surface area (Å²) in [5, 5.41) is 13.7. The van der Waals surface area contributed by atoms with E-state index in [0.29, 0.717) is 6.04 Å². The van der Waals surface area contributed by atoms with E-state index in [1.165, 1.54) is 0 Å². The fourth-order valence-corrected chi connectivity index (χ4v) is 1.46. The van der Waals surface area contributed by atoms with Crippen molar-refractivity contribution < 1.29 is 0 Å². The summed E-state index contributed by atoms with van der Waals surface area (Å²) in [6.45, 7) is 2.73. The van der Waals surface area contributed by atoms with Gasteiger partial charge in [0.1, 0.15) is 0 Å². The Balaban J connectivity index is 1.88. The maximum absolute atomic E-state index is 5.75. The van der Waals surface area contributed by atoms with Gasteiger partial charge >= 0.3 is 0 Å². The molecule has 6 nitrogen and oxygen atoms in total. The Morgan fingerprint density at radius 1 is 1.67 bits per heavy atom. The Kier molecular flexibility index (Phi) is 2.01. The summed E-state index contributed by atoms with van der Waals surface area (Å²) in [6.07, 6.45) is 1.07. The van der Waals surface area contributed by atoms with E-state index in [-0.39, 0.29) is 0 Å². The molecule has 2 rings (SSSR count). The van der Waals surface area contributed by atoms with Crippen molar-refractivity contribution in [3.05, 3.63) is 5.82 Å². The van der Waals surface area contributed by atoms with Crippen molar-refractivity contribution in [2.45, 2.75) is 19.0 Å². The van der Waals surface area contributed by atoms with Crippen LogP contribution in [0.25, 0.3) is 0 Å². The monoisotopic (exact) mass is 168 g/mol. The molecule has 1 aromatic heterocycles. The van der Waals surface area contributed by atoms with Crippen molar-refractivity contribution in [2.75, 3.05) is 13.1 Å². The zero-order chi connectivity index (χ0) is 8.39. The average molecular weight is 168 g/mol. The van der Waals surface area contributed by atoms with Crippen LogP contribution in [0.2, 0.25) is 0 Å². The Morgan fingerprint density at radius 3 is 3.17 bits per heavy atom. The molecule has 1 fully saturated rings. The van der Waals surface area contributed by atoms with Gasteiger partial charge in [-0.25, -0.2) is 0 Å². The molecule has 1 aliphatic rings. The van der Waals surface area contributed by atoms with Crippen LogP contribution in [-0.2, 0) is 6.54 Å². The second-order valence-electron chi connectivity index (χ2n) is 3.11. The molecule has 0 radical (unpaired) electrons. The van der Waals surface area contributed by atoms with Gasteiger partial charge in [0.25, 0.3) is 0 Å². The molecule has 3 N–H and O–H groups in total. The average Bonchev–Trinajstić information content (AvgIpc) is 2.63. The number of nitrogens with two attached hydrogens (primary N) is 1. The Bertz CT molecular complexity index is 232. The van der Waals surface area contributed by atoms with Crippen LogP contribution in [0.5, 0.6) is 0 Å². The molecular formula is C6H12N6. The maximum Gasteiger partial charge on any atom is 0.188 e. The first-order chi connectivity index (χ1) is 5.84. The molecule has 0 saturated carbocycles. The van der Waals surface area contributed by atoms with E-state index < -0.39 is 0 Å². The molecule has 0 bridgehead atoms. The molecule has 0 amide bonds. The van der Waals surface area contributed by atoms with Crippen LogP contribution >= 0.6 is 0 Å². The summed E-state index contributed by atoms with van der Waals surface area (Å²) < 4.78 is 0. The molecule has 1 saturated heterocycles. The summed E-state index contributed by atoms with van der Waals surface area (Å²) in [4.78, 5) is 2.23. The van der Waals surface area contributed by atoms with Crippen LogP contribution < -0.4 is 5.73 Å². The van der Waals surface area contributed by atoms with Crippen LogP contribution in [0.3, 0.4) is 0 Å². The van der Waals surface area contributed by atoms with E-state index in [1.807, 2.05) is 0 Å². The lowest BCUT2D eigenvalue weighted by atomic mass is 10.3. The molecule has 66 valence electrons. The largest absolute Gasteiger partial charge is 0.326 e. The summed E-state index contributed by atoms with van der Waals surface area (Å²) >= 11 is 0. The molecule has 0 unspecified atom stereocenters. The third-order valence-electron chi connectivity index (χ3n) is 2.06. The van der Waals surface area contributed by atoms with E-state index >= 15 is 0 Å². The SMILES string of the molecule is N[C@H]1CCN(Cc2nn[nH]n2)C1. The van der Waals surface area contributed by atoms with Crippen LogP contribution in [-0.4, -0.2) is 44.7 Å².